The third-order valence-electron chi connectivity index (χ3n) is 4.44. The first kappa shape index (κ1) is 21.9. The number of hydrogen-bond acceptors (Lipinski definition) is 6. The van der Waals surface area contributed by atoms with Gasteiger partial charge in [0.15, 0.2) is 0 Å². The van der Waals surface area contributed by atoms with Crippen molar-refractivity contribution < 1.29 is 28.5 Å². The second-order valence-electron chi connectivity index (χ2n) is 6.55. The molecule has 7 heteroatoms. The second-order valence-corrected chi connectivity index (χ2v) is 6.55. The maximum atomic E-state index is 12.3. The average molecular weight is 391 g/mol. The first-order valence-corrected chi connectivity index (χ1v) is 9.50. The van der Waals surface area contributed by atoms with E-state index in [1.54, 1.807) is 7.05 Å². The largest absolute Gasteiger partial charge is 0.469 e. The van der Waals surface area contributed by atoms with Crippen molar-refractivity contribution in [3.8, 4) is 0 Å². The van der Waals surface area contributed by atoms with E-state index in [1.165, 1.54) is 12.0 Å². The molecular weight excluding hydrogens is 362 g/mol. The number of benzene rings is 1. The van der Waals surface area contributed by atoms with Crippen LogP contribution >= 0.6 is 0 Å². The molecule has 28 heavy (non-hydrogen) atoms. The van der Waals surface area contributed by atoms with E-state index in [0.717, 1.165) is 36.9 Å². The highest BCUT2D eigenvalue weighted by molar-refractivity contribution is 5.87. The molecule has 1 heterocycles. The number of hydrogen-bond donors (Lipinski definition) is 0. The van der Waals surface area contributed by atoms with E-state index in [4.69, 9.17) is 14.2 Å². The third kappa shape index (κ3) is 7.70. The molecule has 2 rings (SSSR count). The van der Waals surface area contributed by atoms with Gasteiger partial charge in [-0.2, -0.15) is 0 Å². The van der Waals surface area contributed by atoms with Crippen LogP contribution in [0.15, 0.2) is 36.4 Å². The normalized spacial score (nSPS) is 16.7. The Hall–Kier alpha value is -2.38. The monoisotopic (exact) mass is 391 g/mol. The maximum absolute atomic E-state index is 12.3. The van der Waals surface area contributed by atoms with Gasteiger partial charge in [-0.3, -0.25) is 9.69 Å². The van der Waals surface area contributed by atoms with Crippen LogP contribution in [0, 0.1) is 0 Å². The zero-order valence-corrected chi connectivity index (χ0v) is 16.6. The lowest BCUT2D eigenvalue weighted by molar-refractivity contribution is -0.149. The van der Waals surface area contributed by atoms with Crippen molar-refractivity contribution in [2.45, 2.75) is 38.2 Å². The summed E-state index contributed by atoms with van der Waals surface area (Å²) >= 11 is 0. The van der Waals surface area contributed by atoms with Crippen LogP contribution in [0.4, 0.5) is 10.5 Å². The molecule has 1 aromatic rings. The van der Waals surface area contributed by atoms with Crippen molar-refractivity contribution in [2.24, 2.45) is 0 Å². The number of amides is 1. The van der Waals surface area contributed by atoms with Crippen molar-refractivity contribution in [3.63, 3.8) is 0 Å². The minimum atomic E-state index is -0.411. The second kappa shape index (κ2) is 12.2. The summed E-state index contributed by atoms with van der Waals surface area (Å²) in [7, 11) is 3.09. The van der Waals surface area contributed by atoms with E-state index in [0.29, 0.717) is 13.0 Å². The van der Waals surface area contributed by atoms with Crippen molar-refractivity contribution in [2.75, 3.05) is 39.1 Å². The Bertz CT molecular complexity index is 654. The Balaban J connectivity index is 1.77. The number of methoxy groups -OCH3 is 1. The van der Waals surface area contributed by atoms with Gasteiger partial charge >= 0.3 is 12.1 Å². The number of anilines is 1. The van der Waals surface area contributed by atoms with Gasteiger partial charge < -0.3 is 18.9 Å². The van der Waals surface area contributed by atoms with Crippen molar-refractivity contribution >= 4 is 17.7 Å². The molecule has 1 atom stereocenters. The lowest BCUT2D eigenvalue weighted by Crippen LogP contribution is -2.33. The Morgan fingerprint density at radius 3 is 2.93 bits per heavy atom. The third-order valence-corrected chi connectivity index (χ3v) is 4.44. The van der Waals surface area contributed by atoms with Gasteiger partial charge in [0.1, 0.15) is 13.4 Å². The average Bonchev–Trinajstić information content (AvgIpc) is 2.74. The minimum absolute atomic E-state index is 0.109. The minimum Gasteiger partial charge on any atom is -0.469 e. The molecule has 1 amide bonds. The first-order valence-electron chi connectivity index (χ1n) is 9.50. The number of ether oxygens (including phenoxy) is 4. The Kier molecular flexibility index (Phi) is 9.51. The number of allylic oxidation sites excluding steroid dienone is 2. The van der Waals surface area contributed by atoms with E-state index >= 15 is 0 Å². The molecular formula is C21H29NO6. The zero-order chi connectivity index (χ0) is 20.2. The molecule has 0 bridgehead atoms. The summed E-state index contributed by atoms with van der Waals surface area (Å²) < 4.78 is 20.4. The van der Waals surface area contributed by atoms with Gasteiger partial charge in [-0.1, -0.05) is 24.3 Å². The Morgan fingerprint density at radius 2 is 2.18 bits per heavy atom. The molecule has 1 aromatic carbocycles. The van der Waals surface area contributed by atoms with Crippen molar-refractivity contribution in [3.05, 3.63) is 42.0 Å². The number of carbonyl (C=O) groups excluding carboxylic acids is 2. The van der Waals surface area contributed by atoms with Crippen LogP contribution in [0.3, 0.4) is 0 Å². The van der Waals surface area contributed by atoms with E-state index in [2.05, 4.69) is 16.9 Å². The molecule has 1 fully saturated rings. The van der Waals surface area contributed by atoms with E-state index in [-0.39, 0.29) is 25.5 Å². The number of rotatable bonds is 9. The molecule has 0 aromatic heterocycles. The fourth-order valence-corrected chi connectivity index (χ4v) is 2.69. The molecule has 0 N–H and O–H groups in total. The molecule has 1 aliphatic rings. The van der Waals surface area contributed by atoms with Crippen LogP contribution < -0.4 is 4.90 Å². The van der Waals surface area contributed by atoms with Crippen LogP contribution in [-0.4, -0.2) is 52.3 Å². The molecule has 1 saturated heterocycles. The SMILES string of the molecule is COC(=O)CCCC=CCc1cccc(N(C)C(=O)OC[C@H]2CCOCO2)c1. The molecule has 7 nitrogen and oxygen atoms in total. The van der Waals surface area contributed by atoms with Crippen LogP contribution in [0.1, 0.15) is 31.2 Å². The van der Waals surface area contributed by atoms with Gasteiger partial charge in [0.25, 0.3) is 0 Å². The van der Waals surface area contributed by atoms with Crippen molar-refractivity contribution in [1.29, 1.82) is 0 Å². The summed E-state index contributed by atoms with van der Waals surface area (Å²) in [5.74, 6) is -0.181. The quantitative estimate of drug-likeness (QED) is 0.365. The topological polar surface area (TPSA) is 74.3 Å². The summed E-state index contributed by atoms with van der Waals surface area (Å²) in [4.78, 5) is 24.8. The molecule has 0 aliphatic carbocycles. The predicted molar refractivity (Wildman–Crippen MR) is 105 cm³/mol. The summed E-state index contributed by atoms with van der Waals surface area (Å²) in [6, 6.07) is 7.76. The molecule has 1 aliphatic heterocycles. The van der Waals surface area contributed by atoms with Crippen LogP contribution in [0.25, 0.3) is 0 Å². The predicted octanol–water partition coefficient (Wildman–Crippen LogP) is 3.46. The number of carbonyl (C=O) groups is 2. The van der Waals surface area contributed by atoms with Gasteiger partial charge in [0, 0.05) is 25.6 Å². The summed E-state index contributed by atoms with van der Waals surface area (Å²) in [6.07, 6.45) is 7.11. The summed E-state index contributed by atoms with van der Waals surface area (Å²) in [5.41, 5.74) is 1.86. The van der Waals surface area contributed by atoms with E-state index in [1.807, 2.05) is 24.3 Å². The highest BCUT2D eigenvalue weighted by Gasteiger charge is 2.19. The molecule has 0 unspecified atom stereocenters. The maximum Gasteiger partial charge on any atom is 0.414 e. The van der Waals surface area contributed by atoms with E-state index < -0.39 is 6.09 Å². The lowest BCUT2D eigenvalue weighted by atomic mass is 10.1. The van der Waals surface area contributed by atoms with Crippen LogP contribution in [-0.2, 0) is 30.2 Å². The van der Waals surface area contributed by atoms with E-state index in [9.17, 15) is 9.59 Å². The number of nitrogens with zero attached hydrogens (tertiary/aromatic N) is 1. The highest BCUT2D eigenvalue weighted by Crippen LogP contribution is 2.17. The molecule has 0 spiro atoms. The molecule has 0 saturated carbocycles. The summed E-state index contributed by atoms with van der Waals surface area (Å²) in [6.45, 7) is 1.09. The highest BCUT2D eigenvalue weighted by atomic mass is 16.7. The lowest BCUT2D eigenvalue weighted by Gasteiger charge is -2.24. The van der Waals surface area contributed by atoms with Gasteiger partial charge in [0.05, 0.1) is 19.8 Å². The Morgan fingerprint density at radius 1 is 1.32 bits per heavy atom. The fourth-order valence-electron chi connectivity index (χ4n) is 2.69. The number of esters is 1. The zero-order valence-electron chi connectivity index (χ0n) is 16.6. The Labute approximate surface area is 166 Å². The summed E-state index contributed by atoms with van der Waals surface area (Å²) in [5, 5.41) is 0. The van der Waals surface area contributed by atoms with Gasteiger partial charge in [0.2, 0.25) is 0 Å². The molecule has 0 radical (unpaired) electrons. The van der Waals surface area contributed by atoms with Crippen LogP contribution in [0.5, 0.6) is 0 Å². The smallest absolute Gasteiger partial charge is 0.414 e. The molecule has 154 valence electrons. The van der Waals surface area contributed by atoms with Gasteiger partial charge in [-0.25, -0.2) is 4.79 Å². The number of unbranched alkanes of at least 4 members (excludes halogenated alkanes) is 1. The first-order chi connectivity index (χ1) is 13.6. The van der Waals surface area contributed by atoms with Crippen molar-refractivity contribution in [1.82, 2.24) is 0 Å². The van der Waals surface area contributed by atoms with Gasteiger partial charge in [-0.05, 0) is 37.0 Å². The van der Waals surface area contributed by atoms with Gasteiger partial charge in [-0.15, -0.1) is 0 Å². The standard InChI is InChI=1S/C21H29NO6/c1-22(21(24)27-15-19-12-13-26-16-28-19)18-10-7-9-17(14-18)8-5-3-4-6-11-20(23)25-2/h3,5,7,9-10,14,19H,4,6,8,11-13,15-16H2,1-2H3/t19-/m1/s1. The fraction of sp³-hybridized carbons (Fsp3) is 0.524. The van der Waals surface area contributed by atoms with Crippen LogP contribution in [0.2, 0.25) is 0 Å².